The molecule has 0 aromatic rings. The van der Waals surface area contributed by atoms with Crippen LogP contribution in [0.25, 0.3) is 0 Å². The van der Waals surface area contributed by atoms with Crippen LogP contribution in [0.5, 0.6) is 0 Å². The summed E-state index contributed by atoms with van der Waals surface area (Å²) in [5, 5.41) is 9.99. The lowest BCUT2D eigenvalue weighted by atomic mass is 9.92. The summed E-state index contributed by atoms with van der Waals surface area (Å²) < 4.78 is 14.1. The number of carbonyl (C=O) groups is 3. The lowest BCUT2D eigenvalue weighted by Gasteiger charge is -2.31. The first-order valence-electron chi connectivity index (χ1n) is 9.61. The zero-order valence-electron chi connectivity index (χ0n) is 18.7. The number of aliphatic hydroxyl groups excluding tert-OH is 1. The quantitative estimate of drug-likeness (QED) is 0.181. The Morgan fingerprint density at radius 1 is 0.633 bits per heavy atom. The van der Waals surface area contributed by atoms with E-state index in [1.807, 2.05) is 0 Å². The van der Waals surface area contributed by atoms with Crippen LogP contribution in [-0.4, -0.2) is 63.7 Å². The summed E-state index contributed by atoms with van der Waals surface area (Å²) in [6, 6.07) is 0. The van der Waals surface area contributed by atoms with E-state index in [1.54, 1.807) is 41.5 Å². The second-order valence-electron chi connectivity index (χ2n) is 9.61. The van der Waals surface area contributed by atoms with E-state index in [-0.39, 0.29) is 39.1 Å². The van der Waals surface area contributed by atoms with Gasteiger partial charge in [0.15, 0.2) is 0 Å². The van der Waals surface area contributed by atoms with E-state index in [0.29, 0.717) is 0 Å². The van der Waals surface area contributed by atoms with Gasteiger partial charge in [0.1, 0.15) is 19.8 Å². The Morgan fingerprint density at radius 2 is 0.867 bits per heavy atom. The highest BCUT2D eigenvalue weighted by atomic mass is 32.1. The second-order valence-corrected chi connectivity index (χ2v) is 13.2. The van der Waals surface area contributed by atoms with Crippen molar-refractivity contribution in [2.75, 3.05) is 26.4 Å². The van der Waals surface area contributed by atoms with E-state index in [4.69, 9.17) is 14.2 Å². The number of ether oxygens (including phenoxy) is 3. The maximum absolute atomic E-state index is 12.1. The molecule has 0 radical (unpaired) electrons. The molecule has 0 heterocycles. The molecule has 0 saturated carbocycles. The Labute approximate surface area is 196 Å². The molecule has 0 fully saturated rings. The van der Waals surface area contributed by atoms with Gasteiger partial charge in [-0.15, -0.1) is 0 Å². The minimum atomic E-state index is -1.29. The summed E-state index contributed by atoms with van der Waals surface area (Å²) in [7, 11) is 0. The summed E-state index contributed by atoms with van der Waals surface area (Å²) >= 11 is 12.9. The fourth-order valence-corrected chi connectivity index (χ4v) is 2.56. The standard InChI is InChI=1S/C20H36O7S3/c1-17(2,28)7-14(22)25-11-20(10-21,12-26-15(23)8-18(3,4)29)13-27-16(24)9-19(5,6)30/h21,28-30H,7-13H2,1-6H3. The highest BCUT2D eigenvalue weighted by molar-refractivity contribution is 7.82. The number of carbonyl (C=O) groups excluding carboxylic acids is 3. The van der Waals surface area contributed by atoms with Gasteiger partial charge in [0.2, 0.25) is 0 Å². The number of hydrogen-bond donors (Lipinski definition) is 4. The Morgan fingerprint density at radius 3 is 1.03 bits per heavy atom. The van der Waals surface area contributed by atoms with Crippen LogP contribution in [0.2, 0.25) is 0 Å². The van der Waals surface area contributed by atoms with E-state index in [2.05, 4.69) is 37.9 Å². The minimum Gasteiger partial charge on any atom is -0.465 e. The van der Waals surface area contributed by atoms with Crippen LogP contribution in [0.4, 0.5) is 0 Å². The molecule has 0 aromatic carbocycles. The van der Waals surface area contributed by atoms with Gasteiger partial charge in [0, 0.05) is 14.2 Å². The molecular weight excluding hydrogens is 448 g/mol. The van der Waals surface area contributed by atoms with Crippen LogP contribution in [-0.2, 0) is 28.6 Å². The van der Waals surface area contributed by atoms with Gasteiger partial charge in [-0.2, -0.15) is 37.9 Å². The molecule has 0 rings (SSSR count). The topological polar surface area (TPSA) is 99.1 Å². The smallest absolute Gasteiger partial charge is 0.307 e. The Hall–Kier alpha value is -0.580. The van der Waals surface area contributed by atoms with Crippen molar-refractivity contribution in [2.24, 2.45) is 5.41 Å². The molecule has 0 saturated heterocycles. The zero-order valence-corrected chi connectivity index (χ0v) is 21.4. The van der Waals surface area contributed by atoms with Crippen LogP contribution in [0.15, 0.2) is 0 Å². The maximum atomic E-state index is 12.1. The van der Waals surface area contributed by atoms with E-state index in [1.165, 1.54) is 0 Å². The van der Waals surface area contributed by atoms with Gasteiger partial charge in [-0.1, -0.05) is 41.5 Å². The van der Waals surface area contributed by atoms with E-state index >= 15 is 0 Å². The van der Waals surface area contributed by atoms with Gasteiger partial charge in [-0.3, -0.25) is 14.4 Å². The second kappa shape index (κ2) is 11.9. The maximum Gasteiger partial charge on any atom is 0.307 e. The molecule has 10 heteroatoms. The van der Waals surface area contributed by atoms with Gasteiger partial charge in [0.25, 0.3) is 0 Å². The number of aliphatic hydroxyl groups is 1. The van der Waals surface area contributed by atoms with E-state index < -0.39 is 44.2 Å². The van der Waals surface area contributed by atoms with Gasteiger partial charge >= 0.3 is 17.9 Å². The first-order valence-corrected chi connectivity index (χ1v) is 11.0. The van der Waals surface area contributed by atoms with Crippen LogP contribution >= 0.6 is 37.9 Å². The highest BCUT2D eigenvalue weighted by Gasteiger charge is 2.36. The Bertz CT molecular complexity index is 508. The van der Waals surface area contributed by atoms with Crippen molar-refractivity contribution in [1.82, 2.24) is 0 Å². The lowest BCUT2D eigenvalue weighted by molar-refractivity contribution is -0.165. The average molecular weight is 485 g/mol. The van der Waals surface area contributed by atoms with Gasteiger partial charge in [-0.05, 0) is 0 Å². The van der Waals surface area contributed by atoms with Crippen molar-refractivity contribution in [2.45, 2.75) is 75.0 Å². The fourth-order valence-electron chi connectivity index (χ4n) is 2.18. The predicted molar refractivity (Wildman–Crippen MR) is 125 cm³/mol. The summed E-state index contributed by atoms with van der Waals surface area (Å²) in [5.74, 6) is -1.59. The monoisotopic (exact) mass is 484 g/mol. The number of rotatable bonds is 13. The van der Waals surface area contributed by atoms with Gasteiger partial charge < -0.3 is 19.3 Å². The van der Waals surface area contributed by atoms with Crippen molar-refractivity contribution in [3.8, 4) is 0 Å². The minimum absolute atomic E-state index is 0.0406. The van der Waals surface area contributed by atoms with Crippen molar-refractivity contribution < 1.29 is 33.7 Å². The molecule has 0 amide bonds. The van der Waals surface area contributed by atoms with Crippen LogP contribution in [0.3, 0.4) is 0 Å². The van der Waals surface area contributed by atoms with Crippen LogP contribution < -0.4 is 0 Å². The zero-order chi connectivity index (χ0) is 23.8. The van der Waals surface area contributed by atoms with Crippen molar-refractivity contribution >= 4 is 55.8 Å². The summed E-state index contributed by atoms with van der Waals surface area (Å²) in [6.07, 6.45) is 0.122. The molecule has 1 N–H and O–H groups in total. The molecule has 0 aliphatic carbocycles. The summed E-state index contributed by atoms with van der Waals surface area (Å²) in [4.78, 5) is 36.3. The summed E-state index contributed by atoms with van der Waals surface area (Å²) in [5.41, 5.74) is -1.29. The average Bonchev–Trinajstić information content (AvgIpc) is 2.49. The first kappa shape index (κ1) is 29.4. The van der Waals surface area contributed by atoms with E-state index in [0.717, 1.165) is 0 Å². The third-order valence-corrected chi connectivity index (χ3v) is 4.16. The molecule has 0 spiro atoms. The van der Waals surface area contributed by atoms with Gasteiger partial charge in [-0.25, -0.2) is 0 Å². The van der Waals surface area contributed by atoms with Crippen molar-refractivity contribution in [3.05, 3.63) is 0 Å². The highest BCUT2D eigenvalue weighted by Crippen LogP contribution is 2.25. The molecule has 0 aliphatic rings. The van der Waals surface area contributed by atoms with Crippen molar-refractivity contribution in [3.63, 3.8) is 0 Å². The number of hydrogen-bond acceptors (Lipinski definition) is 10. The lowest BCUT2D eigenvalue weighted by Crippen LogP contribution is -2.43. The predicted octanol–water partition coefficient (Wildman–Crippen LogP) is 2.89. The third kappa shape index (κ3) is 15.3. The Kier molecular flexibility index (Phi) is 11.6. The fraction of sp³-hybridized carbons (Fsp3) is 0.850. The number of esters is 3. The number of thiol groups is 3. The van der Waals surface area contributed by atoms with Crippen LogP contribution in [0, 0.1) is 5.41 Å². The molecule has 0 unspecified atom stereocenters. The normalized spacial score (nSPS) is 13.0. The van der Waals surface area contributed by atoms with Gasteiger partial charge in [0.05, 0.1) is 31.3 Å². The molecular formula is C20H36O7S3. The molecule has 176 valence electrons. The molecule has 30 heavy (non-hydrogen) atoms. The molecule has 7 nitrogen and oxygen atoms in total. The molecule has 0 atom stereocenters. The molecule has 0 aromatic heterocycles. The third-order valence-electron chi connectivity index (χ3n) is 3.68. The molecule has 0 bridgehead atoms. The van der Waals surface area contributed by atoms with Crippen LogP contribution in [0.1, 0.15) is 60.8 Å². The SMILES string of the molecule is CC(C)(S)CC(=O)OCC(CO)(COC(=O)CC(C)(C)S)COC(=O)CC(C)(C)S. The van der Waals surface area contributed by atoms with Crippen molar-refractivity contribution in [1.29, 1.82) is 0 Å². The largest absolute Gasteiger partial charge is 0.465 e. The van der Waals surface area contributed by atoms with E-state index in [9.17, 15) is 19.5 Å². The molecule has 0 aliphatic heterocycles. The first-order chi connectivity index (χ1) is 13.4. The Balaban J connectivity index is 5.20. The summed E-state index contributed by atoms with van der Waals surface area (Å²) in [6.45, 7) is 9.18.